The summed E-state index contributed by atoms with van der Waals surface area (Å²) in [6.45, 7) is 1.25. The Morgan fingerprint density at radius 1 is 1.13 bits per heavy atom. The van der Waals surface area contributed by atoms with Crippen LogP contribution in [0, 0.1) is 5.82 Å². The van der Waals surface area contributed by atoms with Crippen LogP contribution in [0.2, 0.25) is 0 Å². The van der Waals surface area contributed by atoms with E-state index in [-0.39, 0.29) is 24.9 Å². The SMILES string of the molecule is CC(=O)N(CC(=O)Nc1ccccc1Br)Cc1ccccc1F. The lowest BCUT2D eigenvalue weighted by Gasteiger charge is -2.21. The Bertz CT molecular complexity index is 721. The largest absolute Gasteiger partial charge is 0.329 e. The zero-order valence-electron chi connectivity index (χ0n) is 12.6. The summed E-state index contributed by atoms with van der Waals surface area (Å²) in [6, 6.07) is 13.4. The van der Waals surface area contributed by atoms with Crippen LogP contribution in [0.25, 0.3) is 0 Å². The monoisotopic (exact) mass is 378 g/mol. The molecule has 1 N–H and O–H groups in total. The molecule has 0 heterocycles. The molecule has 0 saturated heterocycles. The number of anilines is 1. The lowest BCUT2D eigenvalue weighted by molar-refractivity contribution is -0.133. The fourth-order valence-electron chi connectivity index (χ4n) is 2.04. The second-order valence-electron chi connectivity index (χ2n) is 4.99. The zero-order chi connectivity index (χ0) is 16.8. The molecule has 23 heavy (non-hydrogen) atoms. The lowest BCUT2D eigenvalue weighted by atomic mass is 10.2. The molecular weight excluding hydrogens is 363 g/mol. The standard InChI is InChI=1S/C17H16BrFN2O2/c1-12(22)21(10-13-6-2-4-8-15(13)19)11-17(23)20-16-9-5-3-7-14(16)18/h2-9H,10-11H2,1H3,(H,20,23). The van der Waals surface area contributed by atoms with Crippen LogP contribution in [0.15, 0.2) is 53.0 Å². The predicted molar refractivity (Wildman–Crippen MR) is 90.3 cm³/mol. The molecule has 2 rings (SSSR count). The maximum atomic E-state index is 13.7. The van der Waals surface area contributed by atoms with Crippen molar-refractivity contribution >= 4 is 33.4 Å². The van der Waals surface area contributed by atoms with Crippen molar-refractivity contribution in [3.8, 4) is 0 Å². The molecule has 2 aromatic rings. The first kappa shape index (κ1) is 17.1. The minimum atomic E-state index is -0.398. The van der Waals surface area contributed by atoms with E-state index in [4.69, 9.17) is 0 Å². The summed E-state index contributed by atoms with van der Waals surface area (Å²) >= 11 is 3.34. The van der Waals surface area contributed by atoms with Crippen LogP contribution < -0.4 is 5.32 Å². The van der Waals surface area contributed by atoms with Crippen molar-refractivity contribution in [3.63, 3.8) is 0 Å². The first-order valence-electron chi connectivity index (χ1n) is 7.00. The molecule has 0 unspecified atom stereocenters. The van der Waals surface area contributed by atoms with Crippen LogP contribution in [0.3, 0.4) is 0 Å². The predicted octanol–water partition coefficient (Wildman–Crippen LogP) is 3.58. The molecular formula is C17H16BrFN2O2. The Kier molecular flexibility index (Phi) is 5.87. The molecule has 2 amide bonds. The van der Waals surface area contributed by atoms with E-state index in [0.717, 1.165) is 4.47 Å². The summed E-state index contributed by atoms with van der Waals surface area (Å²) < 4.78 is 14.5. The molecule has 0 radical (unpaired) electrons. The first-order valence-corrected chi connectivity index (χ1v) is 7.80. The smallest absolute Gasteiger partial charge is 0.244 e. The van der Waals surface area contributed by atoms with Gasteiger partial charge in [0, 0.05) is 23.5 Å². The average molecular weight is 379 g/mol. The van der Waals surface area contributed by atoms with Crippen LogP contribution in [-0.4, -0.2) is 23.3 Å². The Labute approximate surface area is 142 Å². The van der Waals surface area contributed by atoms with Crippen molar-refractivity contribution in [3.05, 3.63) is 64.4 Å². The van der Waals surface area contributed by atoms with Crippen molar-refractivity contribution in [1.29, 1.82) is 0 Å². The molecule has 0 aliphatic heterocycles. The molecule has 0 bridgehead atoms. The summed E-state index contributed by atoms with van der Waals surface area (Å²) in [5.41, 5.74) is 0.989. The van der Waals surface area contributed by atoms with E-state index in [2.05, 4.69) is 21.2 Å². The number of carbonyl (C=O) groups is 2. The number of benzene rings is 2. The highest BCUT2D eigenvalue weighted by Gasteiger charge is 2.16. The van der Waals surface area contributed by atoms with E-state index in [1.54, 1.807) is 36.4 Å². The van der Waals surface area contributed by atoms with Gasteiger partial charge in [-0.2, -0.15) is 0 Å². The minimum Gasteiger partial charge on any atom is -0.329 e. The highest BCUT2D eigenvalue weighted by molar-refractivity contribution is 9.10. The Hall–Kier alpha value is -2.21. The molecule has 0 atom stereocenters. The van der Waals surface area contributed by atoms with E-state index >= 15 is 0 Å². The van der Waals surface area contributed by atoms with Gasteiger partial charge in [0.05, 0.1) is 5.69 Å². The Morgan fingerprint density at radius 2 is 1.78 bits per heavy atom. The van der Waals surface area contributed by atoms with Crippen LogP contribution in [0.5, 0.6) is 0 Å². The Morgan fingerprint density at radius 3 is 2.43 bits per heavy atom. The van der Waals surface area contributed by atoms with Gasteiger partial charge in [-0.3, -0.25) is 9.59 Å². The number of nitrogens with zero attached hydrogens (tertiary/aromatic N) is 1. The molecule has 0 aromatic heterocycles. The second kappa shape index (κ2) is 7.87. The molecule has 0 aliphatic carbocycles. The number of hydrogen-bond donors (Lipinski definition) is 1. The van der Waals surface area contributed by atoms with Crippen LogP contribution in [0.4, 0.5) is 10.1 Å². The molecule has 2 aromatic carbocycles. The van der Waals surface area contributed by atoms with E-state index < -0.39 is 5.82 Å². The lowest BCUT2D eigenvalue weighted by Crippen LogP contribution is -2.36. The van der Waals surface area contributed by atoms with Crippen molar-refractivity contribution in [2.45, 2.75) is 13.5 Å². The van der Waals surface area contributed by atoms with Crippen LogP contribution in [-0.2, 0) is 16.1 Å². The van der Waals surface area contributed by atoms with Crippen molar-refractivity contribution in [2.24, 2.45) is 0 Å². The summed E-state index contributed by atoms with van der Waals surface area (Å²) in [4.78, 5) is 25.2. The van der Waals surface area contributed by atoms with Crippen molar-refractivity contribution in [1.82, 2.24) is 4.90 Å². The van der Waals surface area contributed by atoms with Gasteiger partial charge in [-0.15, -0.1) is 0 Å². The third-order valence-electron chi connectivity index (χ3n) is 3.25. The van der Waals surface area contributed by atoms with Gasteiger partial charge in [-0.1, -0.05) is 30.3 Å². The molecule has 6 heteroatoms. The second-order valence-corrected chi connectivity index (χ2v) is 5.85. The maximum Gasteiger partial charge on any atom is 0.244 e. The van der Waals surface area contributed by atoms with Crippen LogP contribution >= 0.6 is 15.9 Å². The summed E-state index contributed by atoms with van der Waals surface area (Å²) in [7, 11) is 0. The topological polar surface area (TPSA) is 49.4 Å². The minimum absolute atomic E-state index is 0.0470. The van der Waals surface area contributed by atoms with E-state index in [0.29, 0.717) is 11.3 Å². The number of halogens is 2. The molecule has 0 saturated carbocycles. The normalized spacial score (nSPS) is 10.2. The number of nitrogens with one attached hydrogen (secondary N) is 1. The van der Waals surface area contributed by atoms with Crippen LogP contribution in [0.1, 0.15) is 12.5 Å². The Balaban J connectivity index is 2.05. The van der Waals surface area contributed by atoms with Gasteiger partial charge in [0.15, 0.2) is 0 Å². The van der Waals surface area contributed by atoms with E-state index in [1.807, 2.05) is 6.07 Å². The van der Waals surface area contributed by atoms with Gasteiger partial charge in [-0.05, 0) is 34.1 Å². The third kappa shape index (κ3) is 4.89. The average Bonchev–Trinajstić information content (AvgIpc) is 2.51. The molecule has 0 spiro atoms. The van der Waals surface area contributed by atoms with Crippen molar-refractivity contribution < 1.29 is 14.0 Å². The first-order chi connectivity index (χ1) is 11.0. The van der Waals surface area contributed by atoms with E-state index in [1.165, 1.54) is 17.9 Å². The summed E-state index contributed by atoms with van der Waals surface area (Å²) in [6.07, 6.45) is 0. The van der Waals surface area contributed by atoms with Gasteiger partial charge in [0.25, 0.3) is 0 Å². The highest BCUT2D eigenvalue weighted by Crippen LogP contribution is 2.21. The maximum absolute atomic E-state index is 13.7. The number of amides is 2. The number of para-hydroxylation sites is 1. The van der Waals surface area contributed by atoms with Gasteiger partial charge in [0.2, 0.25) is 11.8 Å². The van der Waals surface area contributed by atoms with Gasteiger partial charge in [-0.25, -0.2) is 4.39 Å². The number of hydrogen-bond acceptors (Lipinski definition) is 2. The van der Waals surface area contributed by atoms with Crippen molar-refractivity contribution in [2.75, 3.05) is 11.9 Å². The van der Waals surface area contributed by atoms with Gasteiger partial charge < -0.3 is 10.2 Å². The fraction of sp³-hybridized carbons (Fsp3) is 0.176. The quantitative estimate of drug-likeness (QED) is 0.864. The number of carbonyl (C=O) groups excluding carboxylic acids is 2. The zero-order valence-corrected chi connectivity index (χ0v) is 14.1. The molecule has 0 aliphatic rings. The summed E-state index contributed by atoms with van der Waals surface area (Å²) in [5, 5.41) is 2.72. The fourth-order valence-corrected chi connectivity index (χ4v) is 2.42. The molecule has 0 fully saturated rings. The number of rotatable bonds is 5. The third-order valence-corrected chi connectivity index (χ3v) is 3.94. The summed E-state index contributed by atoms with van der Waals surface area (Å²) in [5.74, 6) is -1.04. The van der Waals surface area contributed by atoms with Gasteiger partial charge >= 0.3 is 0 Å². The molecule has 4 nitrogen and oxygen atoms in total. The van der Waals surface area contributed by atoms with E-state index in [9.17, 15) is 14.0 Å². The van der Waals surface area contributed by atoms with Gasteiger partial charge in [0.1, 0.15) is 12.4 Å². The highest BCUT2D eigenvalue weighted by atomic mass is 79.9. The molecule has 120 valence electrons.